The number of ether oxygens (including phenoxy) is 3. The van der Waals surface area contributed by atoms with Crippen molar-refractivity contribution in [3.63, 3.8) is 0 Å². The van der Waals surface area contributed by atoms with E-state index in [0.717, 1.165) is 5.75 Å². The molecule has 0 aliphatic heterocycles. The summed E-state index contributed by atoms with van der Waals surface area (Å²) in [5.74, 6) is 2.26. The molecule has 0 atom stereocenters. The molecular formula is C16H21N3O5. The van der Waals surface area contributed by atoms with Gasteiger partial charge in [0.15, 0.2) is 12.4 Å². The first-order chi connectivity index (χ1) is 11.6. The molecule has 0 spiro atoms. The molecule has 0 fully saturated rings. The van der Waals surface area contributed by atoms with Crippen LogP contribution in [0, 0.1) is 0 Å². The predicted molar refractivity (Wildman–Crippen MR) is 84.8 cm³/mol. The molecule has 1 aromatic heterocycles. The van der Waals surface area contributed by atoms with Crippen LogP contribution in [0.2, 0.25) is 0 Å². The van der Waals surface area contributed by atoms with Gasteiger partial charge < -0.3 is 23.6 Å². The Hall–Kier alpha value is -2.61. The van der Waals surface area contributed by atoms with Crippen LogP contribution in [0.4, 0.5) is 0 Å². The summed E-state index contributed by atoms with van der Waals surface area (Å²) < 4.78 is 20.6. The summed E-state index contributed by atoms with van der Waals surface area (Å²) in [5.41, 5.74) is 0. The standard InChI is InChI=1S/C16H21N3O5/c1-19(16(20)11-21-2)9-8-14-17-15(24-18-14)10-23-13-6-4-12(22-3)5-7-13/h4-7H,8-11H2,1-3H3. The molecule has 0 saturated heterocycles. The number of carbonyl (C=O) groups excluding carboxylic acids is 1. The van der Waals surface area contributed by atoms with Gasteiger partial charge in [0.2, 0.25) is 5.91 Å². The molecule has 1 amide bonds. The number of benzene rings is 1. The third kappa shape index (κ3) is 5.24. The molecular weight excluding hydrogens is 314 g/mol. The second kappa shape index (κ2) is 8.88. The van der Waals surface area contributed by atoms with Crippen LogP contribution < -0.4 is 9.47 Å². The van der Waals surface area contributed by atoms with Gasteiger partial charge >= 0.3 is 0 Å². The maximum Gasteiger partial charge on any atom is 0.264 e. The van der Waals surface area contributed by atoms with E-state index in [0.29, 0.717) is 30.4 Å². The van der Waals surface area contributed by atoms with Crippen molar-refractivity contribution in [2.75, 3.05) is 34.4 Å². The number of amides is 1. The Bertz CT molecular complexity index is 641. The van der Waals surface area contributed by atoms with Gasteiger partial charge in [0.1, 0.15) is 18.1 Å². The van der Waals surface area contributed by atoms with E-state index in [-0.39, 0.29) is 19.1 Å². The first-order valence-electron chi connectivity index (χ1n) is 7.43. The van der Waals surface area contributed by atoms with Gasteiger partial charge in [-0.25, -0.2) is 0 Å². The minimum absolute atomic E-state index is 0.0592. The second-order valence-electron chi connectivity index (χ2n) is 5.07. The first-order valence-corrected chi connectivity index (χ1v) is 7.43. The lowest BCUT2D eigenvalue weighted by molar-refractivity contribution is -0.133. The van der Waals surface area contributed by atoms with E-state index >= 15 is 0 Å². The Kier molecular flexibility index (Phi) is 6.56. The molecule has 0 saturated carbocycles. The summed E-state index contributed by atoms with van der Waals surface area (Å²) in [6, 6.07) is 7.21. The monoisotopic (exact) mass is 335 g/mol. The van der Waals surface area contributed by atoms with Crippen LogP contribution in [0.3, 0.4) is 0 Å². The van der Waals surface area contributed by atoms with Gasteiger partial charge in [-0.1, -0.05) is 5.16 Å². The highest BCUT2D eigenvalue weighted by Crippen LogP contribution is 2.17. The molecule has 2 rings (SSSR count). The maximum absolute atomic E-state index is 11.6. The molecule has 0 unspecified atom stereocenters. The van der Waals surface area contributed by atoms with Crippen LogP contribution in [0.5, 0.6) is 11.5 Å². The van der Waals surface area contributed by atoms with Gasteiger partial charge in [0.05, 0.1) is 7.11 Å². The first kappa shape index (κ1) is 17.7. The highest BCUT2D eigenvalue weighted by atomic mass is 16.5. The van der Waals surface area contributed by atoms with Crippen LogP contribution in [0.15, 0.2) is 28.8 Å². The summed E-state index contributed by atoms with van der Waals surface area (Å²) in [4.78, 5) is 17.4. The van der Waals surface area contributed by atoms with Gasteiger partial charge in [-0.15, -0.1) is 0 Å². The molecule has 0 aliphatic carbocycles. The van der Waals surface area contributed by atoms with Crippen LogP contribution in [-0.4, -0.2) is 55.4 Å². The fraction of sp³-hybridized carbons (Fsp3) is 0.438. The SMILES string of the molecule is COCC(=O)N(C)CCc1noc(COc2ccc(OC)cc2)n1. The van der Waals surface area contributed by atoms with Gasteiger partial charge in [-0.2, -0.15) is 4.98 Å². The lowest BCUT2D eigenvalue weighted by Crippen LogP contribution is -2.31. The molecule has 0 N–H and O–H groups in total. The van der Waals surface area contributed by atoms with E-state index in [1.165, 1.54) is 7.11 Å². The number of hydrogen-bond donors (Lipinski definition) is 0. The molecule has 0 bridgehead atoms. The summed E-state index contributed by atoms with van der Waals surface area (Å²) in [7, 11) is 4.80. The summed E-state index contributed by atoms with van der Waals surface area (Å²) in [6.45, 7) is 0.724. The zero-order valence-corrected chi connectivity index (χ0v) is 14.0. The van der Waals surface area contributed by atoms with E-state index in [1.54, 1.807) is 43.3 Å². The Morgan fingerprint density at radius 1 is 1.21 bits per heavy atom. The van der Waals surface area contributed by atoms with Crippen molar-refractivity contribution in [3.8, 4) is 11.5 Å². The molecule has 24 heavy (non-hydrogen) atoms. The smallest absolute Gasteiger partial charge is 0.264 e. The zero-order valence-electron chi connectivity index (χ0n) is 14.0. The highest BCUT2D eigenvalue weighted by molar-refractivity contribution is 5.77. The molecule has 1 aromatic carbocycles. The highest BCUT2D eigenvalue weighted by Gasteiger charge is 2.11. The topological polar surface area (TPSA) is 86.9 Å². The number of methoxy groups -OCH3 is 2. The molecule has 2 aromatic rings. The van der Waals surface area contributed by atoms with Crippen molar-refractivity contribution in [2.45, 2.75) is 13.0 Å². The van der Waals surface area contributed by atoms with Crippen molar-refractivity contribution in [1.29, 1.82) is 0 Å². The number of hydrogen-bond acceptors (Lipinski definition) is 7. The van der Waals surface area contributed by atoms with Crippen LogP contribution in [-0.2, 0) is 22.6 Å². The van der Waals surface area contributed by atoms with Crippen molar-refractivity contribution < 1.29 is 23.5 Å². The van der Waals surface area contributed by atoms with Gasteiger partial charge in [-0.05, 0) is 24.3 Å². The summed E-state index contributed by atoms with van der Waals surface area (Å²) >= 11 is 0. The van der Waals surface area contributed by atoms with E-state index in [9.17, 15) is 4.79 Å². The number of aromatic nitrogens is 2. The lowest BCUT2D eigenvalue weighted by atomic mass is 10.3. The molecule has 8 heteroatoms. The molecule has 1 heterocycles. The zero-order chi connectivity index (χ0) is 17.4. The van der Waals surface area contributed by atoms with Crippen molar-refractivity contribution in [3.05, 3.63) is 36.0 Å². The molecule has 8 nitrogen and oxygen atoms in total. The number of likely N-dealkylation sites (N-methyl/N-ethyl adjacent to an activating group) is 1. The normalized spacial score (nSPS) is 10.5. The Labute approximate surface area is 140 Å². The van der Waals surface area contributed by atoms with Gasteiger partial charge in [0.25, 0.3) is 5.89 Å². The van der Waals surface area contributed by atoms with Crippen LogP contribution in [0.1, 0.15) is 11.7 Å². The van der Waals surface area contributed by atoms with E-state index in [2.05, 4.69) is 10.1 Å². The van der Waals surface area contributed by atoms with Gasteiger partial charge in [0, 0.05) is 27.1 Å². The Morgan fingerprint density at radius 2 is 1.92 bits per heavy atom. The summed E-state index contributed by atoms with van der Waals surface area (Å²) in [6.07, 6.45) is 0.498. The van der Waals surface area contributed by atoms with Gasteiger partial charge in [-0.3, -0.25) is 4.79 Å². The van der Waals surface area contributed by atoms with Crippen molar-refractivity contribution in [2.24, 2.45) is 0 Å². The minimum atomic E-state index is -0.0935. The van der Waals surface area contributed by atoms with E-state index in [4.69, 9.17) is 18.7 Å². The fourth-order valence-corrected chi connectivity index (χ4v) is 1.89. The quantitative estimate of drug-likeness (QED) is 0.682. The predicted octanol–water partition coefficient (Wildman–Crippen LogP) is 1.30. The number of nitrogens with zero attached hydrogens (tertiary/aromatic N) is 3. The lowest BCUT2D eigenvalue weighted by Gasteiger charge is -2.15. The van der Waals surface area contributed by atoms with Crippen molar-refractivity contribution in [1.82, 2.24) is 15.0 Å². The number of carbonyl (C=O) groups is 1. The molecule has 0 aliphatic rings. The largest absolute Gasteiger partial charge is 0.497 e. The minimum Gasteiger partial charge on any atom is -0.497 e. The third-order valence-electron chi connectivity index (χ3n) is 3.30. The fourth-order valence-electron chi connectivity index (χ4n) is 1.89. The molecule has 130 valence electrons. The average Bonchev–Trinajstić information content (AvgIpc) is 3.06. The third-order valence-corrected chi connectivity index (χ3v) is 3.30. The van der Waals surface area contributed by atoms with Crippen LogP contribution >= 0.6 is 0 Å². The van der Waals surface area contributed by atoms with E-state index in [1.807, 2.05) is 0 Å². The van der Waals surface area contributed by atoms with Crippen molar-refractivity contribution >= 4 is 5.91 Å². The second-order valence-corrected chi connectivity index (χ2v) is 5.07. The Balaban J connectivity index is 1.79. The van der Waals surface area contributed by atoms with E-state index < -0.39 is 0 Å². The summed E-state index contributed by atoms with van der Waals surface area (Å²) in [5, 5.41) is 3.88. The maximum atomic E-state index is 11.6. The average molecular weight is 335 g/mol. The molecule has 0 radical (unpaired) electrons. The Morgan fingerprint density at radius 3 is 2.58 bits per heavy atom. The van der Waals surface area contributed by atoms with Crippen LogP contribution in [0.25, 0.3) is 0 Å². The number of rotatable bonds is 9.